The minimum Gasteiger partial charge on any atom is -0.490 e. The Balaban J connectivity index is 1.79. The van der Waals surface area contributed by atoms with E-state index in [1.807, 2.05) is 36.1 Å². The molecule has 2 aromatic heterocycles. The normalized spacial score (nSPS) is 10.6. The number of thiazole rings is 1. The number of nitrogens with one attached hydrogen (secondary N) is 1. The monoisotopic (exact) mass is 461 g/mol. The van der Waals surface area contributed by atoms with E-state index in [-0.39, 0.29) is 17.8 Å². The summed E-state index contributed by atoms with van der Waals surface area (Å²) in [5, 5.41) is 20.8. The highest BCUT2D eigenvalue weighted by molar-refractivity contribution is 7.14. The minimum atomic E-state index is -0.546. The lowest BCUT2D eigenvalue weighted by Crippen LogP contribution is -2.16. The summed E-state index contributed by atoms with van der Waals surface area (Å²) in [4.78, 5) is 28.1. The number of nitro groups is 1. The van der Waals surface area contributed by atoms with E-state index in [0.717, 1.165) is 23.4 Å². The van der Waals surface area contributed by atoms with Gasteiger partial charge in [0.1, 0.15) is 10.7 Å². The van der Waals surface area contributed by atoms with Crippen molar-refractivity contribution in [2.24, 2.45) is 0 Å². The highest BCUT2D eigenvalue weighted by Gasteiger charge is 2.22. The van der Waals surface area contributed by atoms with Crippen molar-refractivity contribution in [1.82, 2.24) is 4.98 Å². The predicted octanol–water partition coefficient (Wildman–Crippen LogP) is 5.54. The molecule has 0 saturated carbocycles. The number of hydrogen-bond donors (Lipinski definition) is 1. The van der Waals surface area contributed by atoms with Crippen molar-refractivity contribution >= 4 is 40.0 Å². The predicted molar refractivity (Wildman–Crippen MR) is 122 cm³/mol. The Morgan fingerprint density at radius 2 is 1.87 bits per heavy atom. The van der Waals surface area contributed by atoms with Gasteiger partial charge in [-0.25, -0.2) is 4.98 Å². The molecule has 0 aliphatic carbocycles. The Bertz CT molecular complexity index is 1030. The van der Waals surface area contributed by atoms with Crippen LogP contribution < -0.4 is 14.8 Å². The van der Waals surface area contributed by atoms with Crippen LogP contribution in [0.1, 0.15) is 32.4 Å². The number of hydrogen-bond acceptors (Lipinski definition) is 8. The third-order valence-electron chi connectivity index (χ3n) is 4.12. The van der Waals surface area contributed by atoms with E-state index in [0.29, 0.717) is 30.4 Å². The lowest BCUT2D eigenvalue weighted by atomic mass is 10.2. The average Bonchev–Trinajstić information content (AvgIpc) is 3.43. The molecule has 8 nitrogen and oxygen atoms in total. The largest absolute Gasteiger partial charge is 0.490 e. The van der Waals surface area contributed by atoms with Gasteiger partial charge in [0.15, 0.2) is 11.5 Å². The van der Waals surface area contributed by atoms with Crippen molar-refractivity contribution in [2.45, 2.75) is 33.1 Å². The first kappa shape index (κ1) is 22.7. The van der Waals surface area contributed by atoms with Gasteiger partial charge in [0.25, 0.3) is 5.69 Å². The second-order valence-corrected chi connectivity index (χ2v) is 8.29. The molecule has 0 bridgehead atoms. The van der Waals surface area contributed by atoms with E-state index in [2.05, 4.69) is 10.3 Å². The fraction of sp³-hybridized carbons (Fsp3) is 0.333. The summed E-state index contributed by atoms with van der Waals surface area (Å²) in [7, 11) is 0. The third-order valence-corrected chi connectivity index (χ3v) is 5.74. The van der Waals surface area contributed by atoms with Gasteiger partial charge in [-0.2, -0.15) is 11.3 Å². The van der Waals surface area contributed by atoms with Crippen LogP contribution in [0.15, 0.2) is 34.3 Å². The fourth-order valence-corrected chi connectivity index (χ4v) is 4.25. The third kappa shape index (κ3) is 6.02. The molecule has 2 heterocycles. The maximum Gasteiger partial charge on any atom is 0.296 e. The van der Waals surface area contributed by atoms with Crippen LogP contribution in [-0.2, 0) is 11.2 Å². The number of carbonyl (C=O) groups excluding carboxylic acids is 1. The molecule has 10 heteroatoms. The molecule has 1 aromatic carbocycles. The summed E-state index contributed by atoms with van der Waals surface area (Å²) in [5.41, 5.74) is 1.44. The van der Waals surface area contributed by atoms with E-state index >= 15 is 0 Å². The molecule has 0 aliphatic heterocycles. The molecule has 164 valence electrons. The van der Waals surface area contributed by atoms with Gasteiger partial charge in [0.05, 0.1) is 36.3 Å². The minimum absolute atomic E-state index is 0.0109. The molecule has 0 unspecified atom stereocenters. The number of benzene rings is 1. The van der Waals surface area contributed by atoms with E-state index < -0.39 is 10.8 Å². The Hall–Kier alpha value is -2.98. The highest BCUT2D eigenvalue weighted by Crippen LogP contribution is 2.38. The summed E-state index contributed by atoms with van der Waals surface area (Å²) in [6.45, 7) is 4.73. The van der Waals surface area contributed by atoms with E-state index in [9.17, 15) is 14.9 Å². The van der Waals surface area contributed by atoms with Gasteiger partial charge >= 0.3 is 0 Å². The van der Waals surface area contributed by atoms with Gasteiger partial charge in [0, 0.05) is 22.4 Å². The molecule has 31 heavy (non-hydrogen) atoms. The van der Waals surface area contributed by atoms with Crippen molar-refractivity contribution in [3.63, 3.8) is 0 Å². The van der Waals surface area contributed by atoms with Crippen LogP contribution in [0.25, 0.3) is 10.6 Å². The quantitative estimate of drug-likeness (QED) is 0.297. The molecule has 0 atom stereocenters. The van der Waals surface area contributed by atoms with Crippen LogP contribution >= 0.6 is 22.7 Å². The number of nitrogens with zero attached hydrogens (tertiary/aromatic N) is 2. The van der Waals surface area contributed by atoms with Gasteiger partial charge in [-0.1, -0.05) is 13.8 Å². The summed E-state index contributed by atoms with van der Waals surface area (Å²) in [6.07, 6.45) is 1.53. The molecule has 0 saturated heterocycles. The number of nitro benzene ring substituents is 1. The number of amides is 1. The van der Waals surface area contributed by atoms with Gasteiger partial charge in [-0.15, -0.1) is 11.3 Å². The van der Waals surface area contributed by atoms with Gasteiger partial charge in [-0.3, -0.25) is 14.9 Å². The Morgan fingerprint density at radius 3 is 2.48 bits per heavy atom. The van der Waals surface area contributed by atoms with Crippen molar-refractivity contribution in [3.8, 4) is 22.1 Å². The number of rotatable bonds is 11. The molecule has 0 radical (unpaired) electrons. The molecule has 3 rings (SSSR count). The average molecular weight is 462 g/mol. The van der Waals surface area contributed by atoms with Crippen LogP contribution in [0.5, 0.6) is 11.5 Å². The molecule has 3 aromatic rings. The van der Waals surface area contributed by atoms with Crippen LogP contribution in [0, 0.1) is 10.1 Å². The van der Waals surface area contributed by atoms with Crippen LogP contribution in [-0.4, -0.2) is 29.0 Å². The SMILES string of the molecule is CCCOc1cc(NC(=O)Cc2csc(-c3ccsc3)n2)c([N+](=O)[O-])cc1OCCC. The first-order valence-electron chi connectivity index (χ1n) is 9.86. The highest BCUT2D eigenvalue weighted by atomic mass is 32.1. The zero-order valence-electron chi connectivity index (χ0n) is 17.3. The fourth-order valence-electron chi connectivity index (χ4n) is 2.72. The number of carbonyl (C=O) groups is 1. The lowest BCUT2D eigenvalue weighted by Gasteiger charge is -2.14. The van der Waals surface area contributed by atoms with Gasteiger partial charge in [0.2, 0.25) is 5.91 Å². The maximum atomic E-state index is 12.6. The summed E-state index contributed by atoms with van der Waals surface area (Å²) in [5.74, 6) is 0.262. The summed E-state index contributed by atoms with van der Waals surface area (Å²) < 4.78 is 11.3. The van der Waals surface area contributed by atoms with E-state index in [1.54, 1.807) is 11.3 Å². The molecule has 0 spiro atoms. The number of ether oxygens (including phenoxy) is 2. The second-order valence-electron chi connectivity index (χ2n) is 6.65. The van der Waals surface area contributed by atoms with E-state index in [1.165, 1.54) is 23.5 Å². The van der Waals surface area contributed by atoms with Crippen molar-refractivity contribution in [1.29, 1.82) is 0 Å². The Morgan fingerprint density at radius 1 is 1.16 bits per heavy atom. The van der Waals surface area contributed by atoms with Crippen molar-refractivity contribution in [2.75, 3.05) is 18.5 Å². The van der Waals surface area contributed by atoms with Gasteiger partial charge < -0.3 is 14.8 Å². The van der Waals surface area contributed by atoms with Crippen LogP contribution in [0.3, 0.4) is 0 Å². The zero-order valence-corrected chi connectivity index (χ0v) is 18.9. The topological polar surface area (TPSA) is 104 Å². The Kier molecular flexibility index (Phi) is 7.96. The number of thiophene rings is 1. The van der Waals surface area contributed by atoms with Gasteiger partial charge in [-0.05, 0) is 24.3 Å². The molecule has 1 N–H and O–H groups in total. The molecular weight excluding hydrogens is 438 g/mol. The van der Waals surface area contributed by atoms with E-state index in [4.69, 9.17) is 9.47 Å². The maximum absolute atomic E-state index is 12.6. The standard InChI is InChI=1S/C21H23N3O5S2/c1-3-6-28-18-10-16(17(24(26)27)11-19(18)29-7-4-2)23-20(25)9-15-13-31-21(22-15)14-5-8-30-12-14/h5,8,10-13H,3-4,6-7,9H2,1-2H3,(H,23,25). The molecule has 0 aliphatic rings. The lowest BCUT2D eigenvalue weighted by molar-refractivity contribution is -0.384. The van der Waals surface area contributed by atoms with Crippen molar-refractivity contribution in [3.05, 3.63) is 50.1 Å². The van der Waals surface area contributed by atoms with Crippen molar-refractivity contribution < 1.29 is 19.2 Å². The Labute approximate surface area is 188 Å². The molecular formula is C21H23N3O5S2. The molecule has 1 amide bonds. The first-order chi connectivity index (χ1) is 15.0. The number of anilines is 1. The smallest absolute Gasteiger partial charge is 0.296 e. The number of aromatic nitrogens is 1. The summed E-state index contributed by atoms with van der Waals surface area (Å²) in [6, 6.07) is 4.72. The second kappa shape index (κ2) is 10.9. The summed E-state index contributed by atoms with van der Waals surface area (Å²) >= 11 is 3.03. The zero-order chi connectivity index (χ0) is 22.2. The van der Waals surface area contributed by atoms with Crippen LogP contribution in [0.4, 0.5) is 11.4 Å². The molecule has 0 fully saturated rings. The first-order valence-corrected chi connectivity index (χ1v) is 11.7. The van der Waals surface area contributed by atoms with Crippen LogP contribution in [0.2, 0.25) is 0 Å².